The molecule has 1 N–H and O–H groups in total. The molecule has 0 aliphatic heterocycles. The molecule has 4 aromatic rings. The van der Waals surface area contributed by atoms with Gasteiger partial charge in [0.05, 0.1) is 20.3 Å². The summed E-state index contributed by atoms with van der Waals surface area (Å²) in [4.78, 5) is 18.2. The van der Waals surface area contributed by atoms with E-state index in [-0.39, 0.29) is 18.6 Å². The molecule has 0 aliphatic rings. The number of hydrogen-bond donors (Lipinski definition) is 1. The molecule has 0 spiro atoms. The number of carbonyl (C=O) groups is 1. The molecule has 32 heavy (non-hydrogen) atoms. The van der Waals surface area contributed by atoms with E-state index in [1.54, 1.807) is 38.3 Å². The van der Waals surface area contributed by atoms with Crippen LogP contribution < -0.4 is 14.2 Å². The third kappa shape index (κ3) is 4.25. The van der Waals surface area contributed by atoms with E-state index in [1.807, 2.05) is 60.8 Å². The van der Waals surface area contributed by atoms with Crippen LogP contribution in [0.15, 0.2) is 79.0 Å². The number of para-hydroxylation sites is 3. The first-order chi connectivity index (χ1) is 15.6. The molecular formula is C26H26N2O4. The van der Waals surface area contributed by atoms with Gasteiger partial charge in [-0.3, -0.25) is 4.79 Å². The van der Waals surface area contributed by atoms with Gasteiger partial charge in [-0.1, -0.05) is 42.5 Å². The Morgan fingerprint density at radius 2 is 1.59 bits per heavy atom. The highest BCUT2D eigenvalue weighted by molar-refractivity contribution is 5.86. The lowest BCUT2D eigenvalue weighted by Gasteiger charge is -2.29. The number of ether oxygens (including phenoxy) is 3. The maximum atomic E-state index is 13.2. The summed E-state index contributed by atoms with van der Waals surface area (Å²) in [5.41, 5.74) is 3.01. The molecule has 0 aliphatic carbocycles. The largest absolute Gasteiger partial charge is 0.497 e. The quantitative estimate of drug-likeness (QED) is 0.436. The topological polar surface area (TPSA) is 63.8 Å². The highest BCUT2D eigenvalue weighted by Crippen LogP contribution is 2.34. The number of carbonyl (C=O) groups excluding carboxylic acids is 1. The van der Waals surface area contributed by atoms with Crippen LogP contribution in [0.2, 0.25) is 0 Å². The van der Waals surface area contributed by atoms with Crippen LogP contribution in [0, 0.1) is 0 Å². The zero-order valence-corrected chi connectivity index (χ0v) is 18.4. The number of methoxy groups -OCH3 is 2. The summed E-state index contributed by atoms with van der Waals surface area (Å²) in [6.45, 7) is -0.105. The van der Waals surface area contributed by atoms with Crippen molar-refractivity contribution in [2.24, 2.45) is 0 Å². The van der Waals surface area contributed by atoms with E-state index in [9.17, 15) is 4.79 Å². The number of benzene rings is 3. The van der Waals surface area contributed by atoms with Gasteiger partial charge in [-0.15, -0.1) is 0 Å². The molecule has 1 atom stereocenters. The zero-order chi connectivity index (χ0) is 22.5. The maximum absolute atomic E-state index is 13.2. The minimum Gasteiger partial charge on any atom is -0.497 e. The van der Waals surface area contributed by atoms with Crippen molar-refractivity contribution in [2.75, 3.05) is 27.9 Å². The monoisotopic (exact) mass is 430 g/mol. The minimum absolute atomic E-state index is 0.105. The van der Waals surface area contributed by atoms with E-state index in [2.05, 4.69) is 11.1 Å². The van der Waals surface area contributed by atoms with Gasteiger partial charge < -0.3 is 24.1 Å². The molecule has 4 rings (SSSR count). The van der Waals surface area contributed by atoms with Crippen molar-refractivity contribution in [1.29, 1.82) is 0 Å². The molecule has 0 unspecified atom stereocenters. The van der Waals surface area contributed by atoms with Crippen LogP contribution >= 0.6 is 0 Å². The Hall–Kier alpha value is -3.93. The molecule has 0 saturated carbocycles. The molecule has 0 bridgehead atoms. The van der Waals surface area contributed by atoms with Crippen LogP contribution in [0.25, 0.3) is 10.9 Å². The summed E-state index contributed by atoms with van der Waals surface area (Å²) < 4.78 is 16.4. The molecule has 0 saturated heterocycles. The Morgan fingerprint density at radius 3 is 2.31 bits per heavy atom. The van der Waals surface area contributed by atoms with Crippen LogP contribution in [0.4, 0.5) is 0 Å². The SMILES string of the molecule is COc1ccc([C@@H](c2c[nH]c3ccccc23)N(C)C(=O)COc2ccccc2OC)cc1. The Bertz CT molecular complexity index is 1200. The summed E-state index contributed by atoms with van der Waals surface area (Å²) in [6.07, 6.45) is 1.96. The number of rotatable bonds is 8. The van der Waals surface area contributed by atoms with Crippen molar-refractivity contribution in [1.82, 2.24) is 9.88 Å². The summed E-state index contributed by atoms with van der Waals surface area (Å²) in [5.74, 6) is 1.73. The summed E-state index contributed by atoms with van der Waals surface area (Å²) in [7, 11) is 5.01. The van der Waals surface area contributed by atoms with E-state index in [1.165, 1.54) is 0 Å². The van der Waals surface area contributed by atoms with Crippen molar-refractivity contribution >= 4 is 16.8 Å². The summed E-state index contributed by atoms with van der Waals surface area (Å²) in [5, 5.41) is 1.07. The third-order valence-corrected chi connectivity index (χ3v) is 5.55. The van der Waals surface area contributed by atoms with Gasteiger partial charge in [-0.05, 0) is 35.9 Å². The average Bonchev–Trinajstić information content (AvgIpc) is 3.27. The normalized spacial score (nSPS) is 11.7. The van der Waals surface area contributed by atoms with Crippen molar-refractivity contribution < 1.29 is 19.0 Å². The average molecular weight is 431 g/mol. The van der Waals surface area contributed by atoms with Gasteiger partial charge in [0, 0.05) is 29.7 Å². The van der Waals surface area contributed by atoms with E-state index >= 15 is 0 Å². The van der Waals surface area contributed by atoms with Crippen LogP contribution in [-0.4, -0.2) is 43.7 Å². The van der Waals surface area contributed by atoms with E-state index < -0.39 is 0 Å². The molecule has 1 aromatic heterocycles. The van der Waals surface area contributed by atoms with Crippen LogP contribution in [0.1, 0.15) is 17.2 Å². The molecule has 164 valence electrons. The molecule has 0 radical (unpaired) electrons. The number of aromatic nitrogens is 1. The van der Waals surface area contributed by atoms with Crippen LogP contribution in [0.3, 0.4) is 0 Å². The number of nitrogens with zero attached hydrogens (tertiary/aromatic N) is 1. The van der Waals surface area contributed by atoms with Gasteiger partial charge in [0.15, 0.2) is 18.1 Å². The summed E-state index contributed by atoms with van der Waals surface area (Å²) >= 11 is 0. The molecule has 6 nitrogen and oxygen atoms in total. The summed E-state index contributed by atoms with van der Waals surface area (Å²) in [6, 6.07) is 22.8. The number of nitrogens with one attached hydrogen (secondary N) is 1. The number of hydrogen-bond acceptors (Lipinski definition) is 4. The molecule has 3 aromatic carbocycles. The van der Waals surface area contributed by atoms with Crippen molar-refractivity contribution in [3.63, 3.8) is 0 Å². The van der Waals surface area contributed by atoms with Gasteiger partial charge in [0.2, 0.25) is 0 Å². The smallest absolute Gasteiger partial charge is 0.261 e. The minimum atomic E-state index is -0.300. The van der Waals surface area contributed by atoms with Crippen molar-refractivity contribution in [3.8, 4) is 17.2 Å². The van der Waals surface area contributed by atoms with E-state index in [0.717, 1.165) is 27.8 Å². The fourth-order valence-corrected chi connectivity index (χ4v) is 3.84. The molecule has 6 heteroatoms. The lowest BCUT2D eigenvalue weighted by molar-refractivity contribution is -0.133. The second-order valence-electron chi connectivity index (χ2n) is 7.41. The van der Waals surface area contributed by atoms with Crippen LogP contribution in [-0.2, 0) is 4.79 Å². The Labute approximate surface area is 187 Å². The third-order valence-electron chi connectivity index (χ3n) is 5.55. The number of fused-ring (bicyclic) bond motifs is 1. The van der Waals surface area contributed by atoms with Crippen molar-refractivity contribution in [2.45, 2.75) is 6.04 Å². The first-order valence-corrected chi connectivity index (χ1v) is 10.3. The number of H-pyrrole nitrogens is 1. The van der Waals surface area contributed by atoms with E-state index in [4.69, 9.17) is 14.2 Å². The second kappa shape index (κ2) is 9.47. The first-order valence-electron chi connectivity index (χ1n) is 10.3. The Balaban J connectivity index is 1.65. The predicted octanol–water partition coefficient (Wildman–Crippen LogP) is 4.81. The Kier molecular flexibility index (Phi) is 6.31. The number of likely N-dealkylation sites (N-methyl/N-ethyl adjacent to an activating group) is 1. The molecular weight excluding hydrogens is 404 g/mol. The molecule has 0 fully saturated rings. The highest BCUT2D eigenvalue weighted by atomic mass is 16.5. The first kappa shape index (κ1) is 21.3. The van der Waals surface area contributed by atoms with Gasteiger partial charge in [-0.25, -0.2) is 0 Å². The Morgan fingerprint density at radius 1 is 0.906 bits per heavy atom. The predicted molar refractivity (Wildman–Crippen MR) is 124 cm³/mol. The van der Waals surface area contributed by atoms with Gasteiger partial charge in [-0.2, -0.15) is 0 Å². The molecule has 1 heterocycles. The second-order valence-corrected chi connectivity index (χ2v) is 7.41. The van der Waals surface area contributed by atoms with E-state index in [0.29, 0.717) is 11.5 Å². The zero-order valence-electron chi connectivity index (χ0n) is 18.4. The lowest BCUT2D eigenvalue weighted by atomic mass is 9.96. The molecule has 1 amide bonds. The number of amides is 1. The fourth-order valence-electron chi connectivity index (χ4n) is 3.84. The number of aromatic amines is 1. The van der Waals surface area contributed by atoms with Crippen molar-refractivity contribution in [3.05, 3.63) is 90.1 Å². The van der Waals surface area contributed by atoms with Gasteiger partial charge >= 0.3 is 0 Å². The van der Waals surface area contributed by atoms with Gasteiger partial charge in [0.25, 0.3) is 5.91 Å². The highest BCUT2D eigenvalue weighted by Gasteiger charge is 2.26. The maximum Gasteiger partial charge on any atom is 0.261 e. The van der Waals surface area contributed by atoms with Gasteiger partial charge in [0.1, 0.15) is 5.75 Å². The standard InChI is InChI=1S/C26H26N2O4/c1-28(25(29)17-32-24-11-7-6-10-23(24)31-3)26(18-12-14-19(30-2)15-13-18)21-16-27-22-9-5-4-8-20(21)22/h4-16,26-27H,17H2,1-3H3/t26-/m0/s1. The lowest BCUT2D eigenvalue weighted by Crippen LogP contribution is -2.35. The van der Waals surface area contributed by atoms with Crippen LogP contribution in [0.5, 0.6) is 17.2 Å². The fraction of sp³-hybridized carbons (Fsp3) is 0.192.